The van der Waals surface area contributed by atoms with E-state index in [0.29, 0.717) is 0 Å². The first-order chi connectivity index (χ1) is 7.79. The molecule has 0 bridgehead atoms. The molecule has 0 fully saturated rings. The summed E-state index contributed by atoms with van der Waals surface area (Å²) >= 11 is 1.66. The van der Waals surface area contributed by atoms with Crippen molar-refractivity contribution in [1.29, 1.82) is 0 Å². The van der Waals surface area contributed by atoms with Gasteiger partial charge in [0.05, 0.1) is 17.7 Å². The van der Waals surface area contributed by atoms with Crippen molar-refractivity contribution >= 4 is 17.0 Å². The Hall–Kier alpha value is -1.79. The molecule has 0 spiro atoms. The second-order valence-electron chi connectivity index (χ2n) is 3.44. The molecular weight excluding hydrogens is 216 g/mol. The van der Waals surface area contributed by atoms with Crippen LogP contribution in [0.3, 0.4) is 0 Å². The molecule has 0 amide bonds. The molecule has 16 heavy (non-hydrogen) atoms. The minimum Gasteiger partial charge on any atom is -0.380 e. The van der Waals surface area contributed by atoms with Crippen LogP contribution in [-0.4, -0.2) is 4.98 Å². The highest BCUT2D eigenvalue weighted by Crippen LogP contribution is 2.15. The van der Waals surface area contributed by atoms with Crippen molar-refractivity contribution in [3.63, 3.8) is 0 Å². The Morgan fingerprint density at radius 1 is 1.50 bits per heavy atom. The Labute approximate surface area is 99.4 Å². The van der Waals surface area contributed by atoms with Crippen molar-refractivity contribution in [3.05, 3.63) is 45.9 Å². The molecule has 2 nitrogen and oxygen atoms in total. The van der Waals surface area contributed by atoms with E-state index in [2.05, 4.69) is 16.2 Å². The van der Waals surface area contributed by atoms with E-state index >= 15 is 0 Å². The van der Waals surface area contributed by atoms with Crippen LogP contribution >= 0.6 is 11.3 Å². The van der Waals surface area contributed by atoms with Gasteiger partial charge in [0, 0.05) is 16.1 Å². The number of rotatable bonds is 3. The summed E-state index contributed by atoms with van der Waals surface area (Å²) in [7, 11) is 0. The highest BCUT2D eigenvalue weighted by atomic mass is 32.1. The SMILES string of the molecule is C#Cc1cccc(NCc2scnc2C)c1. The Bertz CT molecular complexity index is 523. The molecule has 0 unspecified atom stereocenters. The first kappa shape index (κ1) is 10.7. The number of aryl methyl sites for hydroxylation is 1. The summed E-state index contributed by atoms with van der Waals surface area (Å²) in [6, 6.07) is 7.85. The summed E-state index contributed by atoms with van der Waals surface area (Å²) in [5.41, 5.74) is 4.89. The Balaban J connectivity index is 2.05. The molecule has 1 aromatic carbocycles. The Morgan fingerprint density at radius 3 is 3.06 bits per heavy atom. The molecule has 0 aliphatic carbocycles. The quantitative estimate of drug-likeness (QED) is 0.817. The number of nitrogens with zero attached hydrogens (tertiary/aromatic N) is 1. The Morgan fingerprint density at radius 2 is 2.38 bits per heavy atom. The maximum atomic E-state index is 5.35. The van der Waals surface area contributed by atoms with Gasteiger partial charge in [0.15, 0.2) is 0 Å². The molecule has 1 aromatic heterocycles. The number of hydrogen-bond acceptors (Lipinski definition) is 3. The van der Waals surface area contributed by atoms with Gasteiger partial charge in [0.2, 0.25) is 0 Å². The summed E-state index contributed by atoms with van der Waals surface area (Å²) in [5, 5.41) is 3.34. The fraction of sp³-hybridized carbons (Fsp3) is 0.154. The fourth-order valence-electron chi connectivity index (χ4n) is 1.40. The lowest BCUT2D eigenvalue weighted by atomic mass is 10.2. The van der Waals surface area contributed by atoms with Crippen LogP contribution in [0, 0.1) is 19.3 Å². The van der Waals surface area contributed by atoms with Crippen molar-refractivity contribution in [3.8, 4) is 12.3 Å². The molecule has 80 valence electrons. The summed E-state index contributed by atoms with van der Waals surface area (Å²) in [5.74, 6) is 2.62. The zero-order valence-electron chi connectivity index (χ0n) is 9.03. The first-order valence-electron chi connectivity index (χ1n) is 4.99. The average Bonchev–Trinajstić information content (AvgIpc) is 2.72. The number of thiazole rings is 1. The number of terminal acetylenes is 1. The predicted octanol–water partition coefficient (Wildman–Crippen LogP) is 3.04. The van der Waals surface area contributed by atoms with Gasteiger partial charge in [-0.3, -0.25) is 0 Å². The molecule has 0 aliphatic rings. The third-order valence-corrected chi connectivity index (χ3v) is 3.26. The summed E-state index contributed by atoms with van der Waals surface area (Å²) < 4.78 is 0. The maximum absolute atomic E-state index is 5.35. The van der Waals surface area contributed by atoms with Crippen LogP contribution in [0.2, 0.25) is 0 Å². The Kier molecular flexibility index (Phi) is 3.23. The second-order valence-corrected chi connectivity index (χ2v) is 4.38. The van der Waals surface area contributed by atoms with Crippen molar-refractivity contribution in [2.45, 2.75) is 13.5 Å². The summed E-state index contributed by atoms with van der Waals surface area (Å²) in [4.78, 5) is 5.46. The lowest BCUT2D eigenvalue weighted by molar-refractivity contribution is 1.12. The van der Waals surface area contributed by atoms with Gasteiger partial charge >= 0.3 is 0 Å². The van der Waals surface area contributed by atoms with Crippen molar-refractivity contribution in [2.24, 2.45) is 0 Å². The molecule has 0 aliphatic heterocycles. The first-order valence-corrected chi connectivity index (χ1v) is 5.87. The highest BCUT2D eigenvalue weighted by molar-refractivity contribution is 7.09. The molecule has 3 heteroatoms. The van der Waals surface area contributed by atoms with Gasteiger partial charge in [-0.25, -0.2) is 4.98 Å². The summed E-state index contributed by atoms with van der Waals surface area (Å²) in [6.45, 7) is 2.82. The van der Waals surface area contributed by atoms with Gasteiger partial charge in [-0.05, 0) is 25.1 Å². The van der Waals surface area contributed by atoms with E-state index in [-0.39, 0.29) is 0 Å². The van der Waals surface area contributed by atoms with Crippen LogP contribution < -0.4 is 5.32 Å². The molecule has 0 radical (unpaired) electrons. The van der Waals surface area contributed by atoms with Crippen LogP contribution in [0.4, 0.5) is 5.69 Å². The molecule has 2 rings (SSSR count). The van der Waals surface area contributed by atoms with E-state index in [1.54, 1.807) is 11.3 Å². The van der Waals surface area contributed by atoms with Gasteiger partial charge < -0.3 is 5.32 Å². The van der Waals surface area contributed by atoms with Gasteiger partial charge in [-0.1, -0.05) is 12.0 Å². The number of hydrogen-bond donors (Lipinski definition) is 1. The highest BCUT2D eigenvalue weighted by Gasteiger charge is 2.00. The van der Waals surface area contributed by atoms with Crippen LogP contribution in [0.25, 0.3) is 0 Å². The van der Waals surface area contributed by atoms with Crippen LogP contribution in [0.5, 0.6) is 0 Å². The molecule has 0 saturated carbocycles. The monoisotopic (exact) mass is 228 g/mol. The van der Waals surface area contributed by atoms with Gasteiger partial charge in [0.25, 0.3) is 0 Å². The minimum atomic E-state index is 0.796. The lowest BCUT2D eigenvalue weighted by Gasteiger charge is -2.05. The van der Waals surface area contributed by atoms with E-state index in [9.17, 15) is 0 Å². The van der Waals surface area contributed by atoms with Gasteiger partial charge in [-0.2, -0.15) is 0 Å². The van der Waals surface area contributed by atoms with E-state index < -0.39 is 0 Å². The molecule has 1 heterocycles. The molecule has 0 atom stereocenters. The largest absolute Gasteiger partial charge is 0.380 e. The smallest absolute Gasteiger partial charge is 0.0798 e. The number of aromatic nitrogens is 1. The van der Waals surface area contributed by atoms with E-state index in [0.717, 1.165) is 23.5 Å². The number of benzene rings is 1. The van der Waals surface area contributed by atoms with Crippen LogP contribution in [0.1, 0.15) is 16.1 Å². The standard InChI is InChI=1S/C13H12N2S/c1-3-11-5-4-6-12(7-11)14-8-13-10(2)15-9-16-13/h1,4-7,9,14H,8H2,2H3. The van der Waals surface area contributed by atoms with Crippen molar-refractivity contribution in [2.75, 3.05) is 5.32 Å². The molecule has 2 aromatic rings. The number of nitrogens with one attached hydrogen (secondary N) is 1. The van der Waals surface area contributed by atoms with E-state index in [4.69, 9.17) is 6.42 Å². The van der Waals surface area contributed by atoms with E-state index in [1.165, 1.54) is 4.88 Å². The predicted molar refractivity (Wildman–Crippen MR) is 68.6 cm³/mol. The summed E-state index contributed by atoms with van der Waals surface area (Å²) in [6.07, 6.45) is 5.35. The molecule has 1 N–H and O–H groups in total. The average molecular weight is 228 g/mol. The van der Waals surface area contributed by atoms with E-state index in [1.807, 2.05) is 36.7 Å². The zero-order chi connectivity index (χ0) is 11.4. The van der Waals surface area contributed by atoms with Crippen molar-refractivity contribution < 1.29 is 0 Å². The number of anilines is 1. The van der Waals surface area contributed by atoms with Crippen molar-refractivity contribution in [1.82, 2.24) is 4.98 Å². The van der Waals surface area contributed by atoms with Gasteiger partial charge in [0.1, 0.15) is 0 Å². The second kappa shape index (κ2) is 4.82. The minimum absolute atomic E-state index is 0.796. The topological polar surface area (TPSA) is 24.9 Å². The normalized spacial score (nSPS) is 9.75. The van der Waals surface area contributed by atoms with Gasteiger partial charge in [-0.15, -0.1) is 17.8 Å². The molecule has 0 saturated heterocycles. The third-order valence-electron chi connectivity index (χ3n) is 2.33. The zero-order valence-corrected chi connectivity index (χ0v) is 9.84. The van der Waals surface area contributed by atoms with Crippen LogP contribution in [0.15, 0.2) is 29.8 Å². The third kappa shape index (κ3) is 2.41. The van der Waals surface area contributed by atoms with Crippen LogP contribution in [-0.2, 0) is 6.54 Å². The fourth-order valence-corrected chi connectivity index (χ4v) is 2.11. The molecular formula is C13H12N2S. The maximum Gasteiger partial charge on any atom is 0.0798 e. The lowest BCUT2D eigenvalue weighted by Crippen LogP contribution is -1.99.